The number of carbonyl (C=O) groups is 1. The molecule has 1 N–H and O–H groups in total. The first-order chi connectivity index (χ1) is 10.8. The van der Waals surface area contributed by atoms with Gasteiger partial charge in [0.1, 0.15) is 11.4 Å². The Kier molecular flexibility index (Phi) is 5.88. The van der Waals surface area contributed by atoms with E-state index in [1.54, 1.807) is 17.0 Å². The normalized spacial score (nSPS) is 16.4. The van der Waals surface area contributed by atoms with E-state index in [1.807, 2.05) is 32.9 Å². The van der Waals surface area contributed by atoms with Crippen LogP contribution < -0.4 is 0 Å². The van der Waals surface area contributed by atoms with E-state index in [0.29, 0.717) is 5.75 Å². The van der Waals surface area contributed by atoms with Crippen molar-refractivity contribution in [1.29, 1.82) is 0 Å². The quantitative estimate of drug-likeness (QED) is 0.927. The summed E-state index contributed by atoms with van der Waals surface area (Å²) in [5, 5.41) is 9.28. The molecule has 1 aliphatic rings. The molecular weight excluding hydrogens is 292 g/mol. The van der Waals surface area contributed by atoms with Gasteiger partial charge in [0.15, 0.2) is 0 Å². The molecule has 1 fully saturated rings. The van der Waals surface area contributed by atoms with Gasteiger partial charge in [-0.3, -0.25) is 4.90 Å². The van der Waals surface area contributed by atoms with Crippen molar-refractivity contribution < 1.29 is 14.6 Å². The predicted molar refractivity (Wildman–Crippen MR) is 90.7 cm³/mol. The van der Waals surface area contributed by atoms with E-state index in [-0.39, 0.29) is 6.09 Å². The fourth-order valence-corrected chi connectivity index (χ4v) is 2.65. The van der Waals surface area contributed by atoms with E-state index >= 15 is 0 Å². The van der Waals surface area contributed by atoms with Crippen LogP contribution >= 0.6 is 0 Å². The van der Waals surface area contributed by atoms with Crippen LogP contribution in [-0.2, 0) is 11.2 Å². The maximum atomic E-state index is 12.0. The number of hydrogen-bond donors (Lipinski definition) is 1. The molecule has 0 radical (unpaired) electrons. The van der Waals surface area contributed by atoms with Crippen LogP contribution in [0.25, 0.3) is 0 Å². The van der Waals surface area contributed by atoms with Crippen molar-refractivity contribution in [2.24, 2.45) is 0 Å². The number of aryl methyl sites for hydroxylation is 1. The lowest BCUT2D eigenvalue weighted by Crippen LogP contribution is -2.50. The highest BCUT2D eigenvalue weighted by Crippen LogP contribution is 2.13. The Morgan fingerprint density at radius 2 is 1.74 bits per heavy atom. The lowest BCUT2D eigenvalue weighted by Gasteiger charge is -2.35. The molecule has 1 amide bonds. The average molecular weight is 320 g/mol. The zero-order valence-corrected chi connectivity index (χ0v) is 14.4. The monoisotopic (exact) mass is 320 g/mol. The second-order valence-corrected chi connectivity index (χ2v) is 7.08. The Hall–Kier alpha value is -1.75. The molecule has 1 aliphatic heterocycles. The Morgan fingerprint density at radius 1 is 1.13 bits per heavy atom. The Labute approximate surface area is 138 Å². The molecule has 0 atom stereocenters. The van der Waals surface area contributed by atoms with Gasteiger partial charge in [-0.2, -0.15) is 0 Å². The van der Waals surface area contributed by atoms with Crippen molar-refractivity contribution in [2.75, 3.05) is 32.7 Å². The van der Waals surface area contributed by atoms with Gasteiger partial charge < -0.3 is 14.7 Å². The third kappa shape index (κ3) is 6.10. The molecule has 1 aromatic rings. The lowest BCUT2D eigenvalue weighted by molar-refractivity contribution is 0.0144. The number of benzene rings is 1. The van der Waals surface area contributed by atoms with E-state index in [4.69, 9.17) is 4.74 Å². The van der Waals surface area contributed by atoms with Gasteiger partial charge in [-0.1, -0.05) is 12.1 Å². The first kappa shape index (κ1) is 17.6. The fourth-order valence-electron chi connectivity index (χ4n) is 2.65. The Bertz CT molecular complexity index is 500. The maximum Gasteiger partial charge on any atom is 0.410 e. The van der Waals surface area contributed by atoms with Crippen LogP contribution in [0.15, 0.2) is 24.3 Å². The van der Waals surface area contributed by atoms with Crippen LogP contribution in [0.2, 0.25) is 0 Å². The van der Waals surface area contributed by atoms with Crippen LogP contribution in [-0.4, -0.2) is 59.3 Å². The van der Waals surface area contributed by atoms with Gasteiger partial charge >= 0.3 is 6.09 Å². The Balaban J connectivity index is 1.66. The third-order valence-corrected chi connectivity index (χ3v) is 3.90. The summed E-state index contributed by atoms with van der Waals surface area (Å²) < 4.78 is 5.41. The molecule has 2 rings (SSSR count). The summed E-state index contributed by atoms with van der Waals surface area (Å²) in [5.74, 6) is 0.312. The van der Waals surface area contributed by atoms with Crippen LogP contribution in [0, 0.1) is 0 Å². The first-order valence-electron chi connectivity index (χ1n) is 8.32. The van der Waals surface area contributed by atoms with Crippen molar-refractivity contribution in [3.8, 4) is 5.75 Å². The summed E-state index contributed by atoms with van der Waals surface area (Å²) in [6, 6.07) is 7.40. The number of ether oxygens (including phenoxy) is 1. The molecule has 1 heterocycles. The van der Waals surface area contributed by atoms with Crippen LogP contribution in [0.5, 0.6) is 5.75 Å². The smallest absolute Gasteiger partial charge is 0.410 e. The number of hydrogen-bond acceptors (Lipinski definition) is 4. The predicted octanol–water partition coefficient (Wildman–Crippen LogP) is 2.88. The van der Waals surface area contributed by atoms with E-state index in [2.05, 4.69) is 4.90 Å². The van der Waals surface area contributed by atoms with Crippen molar-refractivity contribution in [3.05, 3.63) is 29.8 Å². The van der Waals surface area contributed by atoms with Crippen molar-refractivity contribution in [3.63, 3.8) is 0 Å². The molecule has 5 nitrogen and oxygen atoms in total. The van der Waals surface area contributed by atoms with Crippen molar-refractivity contribution in [1.82, 2.24) is 9.80 Å². The largest absolute Gasteiger partial charge is 0.508 e. The van der Waals surface area contributed by atoms with E-state index in [9.17, 15) is 9.90 Å². The van der Waals surface area contributed by atoms with Crippen LogP contribution in [0.4, 0.5) is 4.79 Å². The van der Waals surface area contributed by atoms with Crippen molar-refractivity contribution >= 4 is 6.09 Å². The summed E-state index contributed by atoms with van der Waals surface area (Å²) in [6.45, 7) is 9.97. The van der Waals surface area contributed by atoms with E-state index in [1.165, 1.54) is 5.56 Å². The number of phenolic OH excluding ortho intramolecular Hbond substituents is 1. The molecule has 0 bridgehead atoms. The zero-order valence-electron chi connectivity index (χ0n) is 14.4. The molecule has 1 saturated heterocycles. The second kappa shape index (κ2) is 7.68. The maximum absolute atomic E-state index is 12.0. The van der Waals surface area contributed by atoms with Gasteiger partial charge in [-0.15, -0.1) is 0 Å². The summed E-state index contributed by atoms with van der Waals surface area (Å²) >= 11 is 0. The van der Waals surface area contributed by atoms with Crippen LogP contribution in [0.3, 0.4) is 0 Å². The molecular formula is C18H28N2O3. The van der Waals surface area contributed by atoms with Crippen LogP contribution in [0.1, 0.15) is 32.8 Å². The van der Waals surface area contributed by atoms with Crippen molar-refractivity contribution in [2.45, 2.75) is 39.2 Å². The molecule has 0 unspecified atom stereocenters. The summed E-state index contributed by atoms with van der Waals surface area (Å²) in [4.78, 5) is 16.2. The highest BCUT2D eigenvalue weighted by Gasteiger charge is 2.25. The summed E-state index contributed by atoms with van der Waals surface area (Å²) in [5.41, 5.74) is 0.813. The molecule has 23 heavy (non-hydrogen) atoms. The number of nitrogens with zero attached hydrogens (tertiary/aromatic N) is 2. The second-order valence-electron chi connectivity index (χ2n) is 7.08. The lowest BCUT2D eigenvalue weighted by atomic mass is 10.1. The van der Waals surface area contributed by atoms with E-state index < -0.39 is 5.60 Å². The zero-order chi connectivity index (χ0) is 16.9. The number of phenols is 1. The van der Waals surface area contributed by atoms with Gasteiger partial charge in [0.25, 0.3) is 0 Å². The third-order valence-electron chi connectivity index (χ3n) is 3.90. The number of carbonyl (C=O) groups excluding carboxylic acids is 1. The standard InChI is InChI=1S/C18H28N2O3/c1-18(2,3)23-17(22)20-13-11-19(12-14-20)10-4-5-15-6-8-16(21)9-7-15/h6-9,21H,4-5,10-14H2,1-3H3. The molecule has 1 aromatic carbocycles. The number of aromatic hydroxyl groups is 1. The number of piperazine rings is 1. The number of amides is 1. The van der Waals surface area contributed by atoms with Gasteiger partial charge in [0.2, 0.25) is 0 Å². The topological polar surface area (TPSA) is 53.0 Å². The average Bonchev–Trinajstić information content (AvgIpc) is 2.48. The van der Waals surface area contributed by atoms with Gasteiger partial charge in [0, 0.05) is 26.2 Å². The highest BCUT2D eigenvalue weighted by atomic mass is 16.6. The highest BCUT2D eigenvalue weighted by molar-refractivity contribution is 5.68. The molecule has 0 aromatic heterocycles. The van der Waals surface area contributed by atoms with Gasteiger partial charge in [0.05, 0.1) is 0 Å². The first-order valence-corrected chi connectivity index (χ1v) is 8.32. The van der Waals surface area contributed by atoms with Gasteiger partial charge in [-0.25, -0.2) is 4.79 Å². The molecule has 5 heteroatoms. The van der Waals surface area contributed by atoms with Gasteiger partial charge in [-0.05, 0) is 57.9 Å². The molecule has 128 valence electrons. The summed E-state index contributed by atoms with van der Waals surface area (Å²) in [7, 11) is 0. The Morgan fingerprint density at radius 3 is 2.30 bits per heavy atom. The van der Waals surface area contributed by atoms with E-state index in [0.717, 1.165) is 45.6 Å². The molecule has 0 spiro atoms. The fraction of sp³-hybridized carbons (Fsp3) is 0.611. The SMILES string of the molecule is CC(C)(C)OC(=O)N1CCN(CCCc2ccc(O)cc2)CC1. The molecule has 0 aliphatic carbocycles. The minimum absolute atomic E-state index is 0.207. The number of rotatable bonds is 4. The summed E-state index contributed by atoms with van der Waals surface area (Å²) in [6.07, 6.45) is 1.88. The minimum Gasteiger partial charge on any atom is -0.508 e. The minimum atomic E-state index is -0.432. The molecule has 0 saturated carbocycles.